The van der Waals surface area contributed by atoms with Gasteiger partial charge in [0.25, 0.3) is 5.91 Å². The minimum absolute atomic E-state index is 0.156. The van der Waals surface area contributed by atoms with Crippen LogP contribution in [0.3, 0.4) is 0 Å². The van der Waals surface area contributed by atoms with Crippen molar-refractivity contribution in [2.45, 2.75) is 33.0 Å². The van der Waals surface area contributed by atoms with E-state index in [4.69, 9.17) is 14.5 Å². The molecule has 0 saturated carbocycles. The van der Waals surface area contributed by atoms with Crippen LogP contribution in [0.4, 0.5) is 0 Å². The fourth-order valence-corrected chi connectivity index (χ4v) is 1.64. The van der Waals surface area contributed by atoms with Gasteiger partial charge in [-0.2, -0.15) is 0 Å². The van der Waals surface area contributed by atoms with Crippen molar-refractivity contribution in [3.8, 4) is 0 Å². The molecule has 2 atom stereocenters. The number of carbonyl (C=O) groups is 1. The summed E-state index contributed by atoms with van der Waals surface area (Å²) in [6, 6.07) is 0. The topological polar surface area (TPSA) is 95.9 Å². The van der Waals surface area contributed by atoms with Crippen LogP contribution >= 0.6 is 7.60 Å². The van der Waals surface area contributed by atoms with Crippen LogP contribution in [0.1, 0.15) is 27.2 Å². The molecule has 0 spiro atoms. The Morgan fingerprint density at radius 1 is 1.44 bits per heavy atom. The molecule has 3 N–H and O–H groups in total. The second-order valence-corrected chi connectivity index (χ2v) is 5.33. The fraction of sp³-hybridized carbons (Fsp3) is 0.889. The van der Waals surface area contributed by atoms with Crippen molar-refractivity contribution in [3.63, 3.8) is 0 Å². The molecule has 0 saturated heterocycles. The second kappa shape index (κ2) is 7.01. The number of ether oxygens (including phenoxy) is 1. The molecule has 0 bridgehead atoms. The first-order valence-electron chi connectivity index (χ1n) is 5.27. The number of amides is 1. The molecule has 0 heterocycles. The van der Waals surface area contributed by atoms with Gasteiger partial charge in [-0.05, 0) is 12.8 Å². The summed E-state index contributed by atoms with van der Waals surface area (Å²) in [5.41, 5.74) is 0. The predicted octanol–water partition coefficient (Wildman–Crippen LogP) is 0.689. The summed E-state index contributed by atoms with van der Waals surface area (Å²) in [7, 11) is -4.56. The van der Waals surface area contributed by atoms with E-state index < -0.39 is 19.3 Å². The zero-order chi connectivity index (χ0) is 12.8. The van der Waals surface area contributed by atoms with Crippen molar-refractivity contribution < 1.29 is 23.9 Å². The van der Waals surface area contributed by atoms with Gasteiger partial charge in [0.1, 0.15) is 0 Å². The van der Waals surface area contributed by atoms with Gasteiger partial charge >= 0.3 is 7.60 Å². The first-order valence-corrected chi connectivity index (χ1v) is 6.95. The SMILES string of the molecule is CCNC(=O)C(OCC(C)CC)P(=O)(O)O. The van der Waals surface area contributed by atoms with Crippen molar-refractivity contribution in [2.24, 2.45) is 5.92 Å². The minimum Gasteiger partial charge on any atom is -0.357 e. The van der Waals surface area contributed by atoms with Gasteiger partial charge in [-0.15, -0.1) is 0 Å². The van der Waals surface area contributed by atoms with E-state index in [-0.39, 0.29) is 12.5 Å². The Kier molecular flexibility index (Phi) is 6.83. The van der Waals surface area contributed by atoms with E-state index in [0.29, 0.717) is 6.54 Å². The number of likely N-dealkylation sites (N-methyl/N-ethyl adjacent to an activating group) is 1. The normalized spacial score (nSPS) is 15.6. The van der Waals surface area contributed by atoms with Gasteiger partial charge in [-0.3, -0.25) is 9.36 Å². The summed E-state index contributed by atoms with van der Waals surface area (Å²) >= 11 is 0. The third kappa shape index (κ3) is 5.61. The van der Waals surface area contributed by atoms with Crippen LogP contribution in [0.2, 0.25) is 0 Å². The molecule has 96 valence electrons. The first kappa shape index (κ1) is 15.6. The van der Waals surface area contributed by atoms with Crippen LogP contribution in [-0.4, -0.2) is 34.7 Å². The molecule has 0 aromatic heterocycles. The van der Waals surface area contributed by atoms with Crippen LogP contribution < -0.4 is 5.32 Å². The molecular weight excluding hydrogens is 233 g/mol. The van der Waals surface area contributed by atoms with Gasteiger partial charge < -0.3 is 19.8 Å². The smallest absolute Gasteiger partial charge is 0.357 e. The molecule has 6 nitrogen and oxygen atoms in total. The summed E-state index contributed by atoms with van der Waals surface area (Å²) in [5, 5.41) is 2.34. The zero-order valence-electron chi connectivity index (χ0n) is 9.84. The van der Waals surface area contributed by atoms with Gasteiger partial charge in [0.15, 0.2) is 0 Å². The van der Waals surface area contributed by atoms with E-state index in [1.54, 1.807) is 6.92 Å². The maximum absolute atomic E-state index is 11.4. The third-order valence-electron chi connectivity index (χ3n) is 2.12. The second-order valence-electron chi connectivity index (χ2n) is 3.68. The maximum Gasteiger partial charge on any atom is 0.363 e. The van der Waals surface area contributed by atoms with Gasteiger partial charge in [0, 0.05) is 6.54 Å². The molecule has 2 unspecified atom stereocenters. The van der Waals surface area contributed by atoms with Crippen LogP contribution in [0.15, 0.2) is 0 Å². The predicted molar refractivity (Wildman–Crippen MR) is 59.9 cm³/mol. The number of carbonyl (C=O) groups excluding carboxylic acids is 1. The number of rotatable bonds is 7. The monoisotopic (exact) mass is 253 g/mol. The molecule has 0 radical (unpaired) electrons. The standard InChI is InChI=1S/C9H20NO5P/c1-4-7(3)6-15-9(16(12,13)14)8(11)10-5-2/h7,9H,4-6H2,1-3H3,(H,10,11)(H2,12,13,14). The van der Waals surface area contributed by atoms with Crippen LogP contribution in [0.25, 0.3) is 0 Å². The van der Waals surface area contributed by atoms with Gasteiger partial charge in [-0.1, -0.05) is 20.3 Å². The van der Waals surface area contributed by atoms with E-state index in [1.807, 2.05) is 13.8 Å². The van der Waals surface area contributed by atoms with Gasteiger partial charge in [-0.25, -0.2) is 0 Å². The van der Waals surface area contributed by atoms with Crippen molar-refractivity contribution in [1.82, 2.24) is 5.32 Å². The van der Waals surface area contributed by atoms with Crippen LogP contribution in [0.5, 0.6) is 0 Å². The Balaban J connectivity index is 4.45. The highest BCUT2D eigenvalue weighted by molar-refractivity contribution is 7.53. The van der Waals surface area contributed by atoms with Crippen molar-refractivity contribution in [3.05, 3.63) is 0 Å². The molecule has 0 aliphatic heterocycles. The average Bonchev–Trinajstić information content (AvgIpc) is 2.16. The highest BCUT2D eigenvalue weighted by Crippen LogP contribution is 2.42. The van der Waals surface area contributed by atoms with Gasteiger partial charge in [0.2, 0.25) is 5.85 Å². The summed E-state index contributed by atoms with van der Waals surface area (Å²) in [6.07, 6.45) is 0.823. The molecule has 0 aromatic carbocycles. The maximum atomic E-state index is 11.4. The summed E-state index contributed by atoms with van der Waals surface area (Å²) in [6.45, 7) is 5.95. The lowest BCUT2D eigenvalue weighted by atomic mass is 10.1. The lowest BCUT2D eigenvalue weighted by molar-refractivity contribution is -0.129. The van der Waals surface area contributed by atoms with Crippen molar-refractivity contribution in [2.75, 3.05) is 13.2 Å². The molecule has 0 aliphatic rings. The van der Waals surface area contributed by atoms with Crippen LogP contribution in [0, 0.1) is 5.92 Å². The van der Waals surface area contributed by atoms with Crippen LogP contribution in [-0.2, 0) is 14.1 Å². The summed E-state index contributed by atoms with van der Waals surface area (Å²) in [4.78, 5) is 29.3. The molecule has 16 heavy (non-hydrogen) atoms. The van der Waals surface area contributed by atoms with E-state index >= 15 is 0 Å². The van der Waals surface area contributed by atoms with E-state index in [2.05, 4.69) is 5.32 Å². The number of hydrogen-bond acceptors (Lipinski definition) is 3. The van der Waals surface area contributed by atoms with Gasteiger partial charge in [0.05, 0.1) is 6.61 Å². The molecule has 0 fully saturated rings. The minimum atomic E-state index is -4.56. The van der Waals surface area contributed by atoms with Crippen molar-refractivity contribution >= 4 is 13.5 Å². The average molecular weight is 253 g/mol. The van der Waals surface area contributed by atoms with E-state index in [9.17, 15) is 9.36 Å². The lowest BCUT2D eigenvalue weighted by Crippen LogP contribution is -2.37. The molecule has 0 rings (SSSR count). The fourth-order valence-electron chi connectivity index (χ4n) is 0.960. The molecule has 0 aliphatic carbocycles. The van der Waals surface area contributed by atoms with Crippen molar-refractivity contribution in [1.29, 1.82) is 0 Å². The molecule has 0 aromatic rings. The summed E-state index contributed by atoms with van der Waals surface area (Å²) < 4.78 is 16.1. The third-order valence-corrected chi connectivity index (χ3v) is 3.11. The van der Waals surface area contributed by atoms with E-state index in [0.717, 1.165) is 6.42 Å². The number of nitrogens with one attached hydrogen (secondary N) is 1. The molecule has 1 amide bonds. The largest absolute Gasteiger partial charge is 0.363 e. The first-order chi connectivity index (χ1) is 7.32. The zero-order valence-corrected chi connectivity index (χ0v) is 10.7. The Labute approximate surface area is 95.5 Å². The number of hydrogen-bond donors (Lipinski definition) is 3. The Morgan fingerprint density at radius 2 is 2.00 bits per heavy atom. The quantitative estimate of drug-likeness (QED) is 0.580. The Morgan fingerprint density at radius 3 is 2.38 bits per heavy atom. The molecular formula is C9H20NO5P. The Hall–Kier alpha value is -0.420. The highest BCUT2D eigenvalue weighted by Gasteiger charge is 2.36. The van der Waals surface area contributed by atoms with E-state index in [1.165, 1.54) is 0 Å². The highest BCUT2D eigenvalue weighted by atomic mass is 31.2. The Bertz CT molecular complexity index is 265. The lowest BCUT2D eigenvalue weighted by Gasteiger charge is -2.19. The molecule has 7 heteroatoms. The summed E-state index contributed by atoms with van der Waals surface area (Å²) in [5.74, 6) is -2.30.